The minimum Gasteiger partial charge on any atom is -0.493 e. The lowest BCUT2D eigenvalue weighted by Gasteiger charge is -2.35. The summed E-state index contributed by atoms with van der Waals surface area (Å²) in [6.07, 6.45) is 1.83. The number of benzene rings is 2. The number of amides is 2. The summed E-state index contributed by atoms with van der Waals surface area (Å²) in [5.41, 5.74) is 4.54. The number of ether oxygens (including phenoxy) is 2. The van der Waals surface area contributed by atoms with Crippen molar-refractivity contribution in [2.75, 3.05) is 20.8 Å². The van der Waals surface area contributed by atoms with Crippen LogP contribution in [-0.2, 0) is 6.42 Å². The van der Waals surface area contributed by atoms with E-state index in [2.05, 4.69) is 43.4 Å². The summed E-state index contributed by atoms with van der Waals surface area (Å²) in [5.74, 6) is 2.46. The van der Waals surface area contributed by atoms with Crippen molar-refractivity contribution in [3.8, 4) is 22.9 Å². The molecular formula is C28H34N4O4. The molecule has 1 N–H and O–H groups in total. The summed E-state index contributed by atoms with van der Waals surface area (Å²) in [4.78, 5) is 19.7. The highest BCUT2D eigenvalue weighted by Gasteiger charge is 2.35. The molecule has 2 aromatic carbocycles. The van der Waals surface area contributed by atoms with Crippen molar-refractivity contribution in [2.24, 2.45) is 5.92 Å². The predicted octanol–water partition coefficient (Wildman–Crippen LogP) is 5.86. The van der Waals surface area contributed by atoms with Gasteiger partial charge in [0, 0.05) is 17.8 Å². The molecule has 3 aromatic rings. The van der Waals surface area contributed by atoms with Crippen molar-refractivity contribution < 1.29 is 18.8 Å². The van der Waals surface area contributed by atoms with Gasteiger partial charge in [0.1, 0.15) is 0 Å². The van der Waals surface area contributed by atoms with Gasteiger partial charge in [-0.25, -0.2) is 4.79 Å². The first kappa shape index (κ1) is 25.3. The van der Waals surface area contributed by atoms with E-state index < -0.39 is 6.04 Å². The summed E-state index contributed by atoms with van der Waals surface area (Å²) in [6.45, 7) is 8.97. The Bertz CT molecular complexity index is 1250. The van der Waals surface area contributed by atoms with Gasteiger partial charge in [-0.05, 0) is 55.0 Å². The Morgan fingerprint density at radius 1 is 1.08 bits per heavy atom. The van der Waals surface area contributed by atoms with Crippen LogP contribution in [0, 0.1) is 5.92 Å². The molecule has 0 saturated heterocycles. The van der Waals surface area contributed by atoms with Gasteiger partial charge in [0.05, 0.1) is 25.8 Å². The van der Waals surface area contributed by atoms with Crippen molar-refractivity contribution in [1.29, 1.82) is 0 Å². The number of carbonyl (C=O) groups is 1. The van der Waals surface area contributed by atoms with Gasteiger partial charge in [-0.1, -0.05) is 50.2 Å². The summed E-state index contributed by atoms with van der Waals surface area (Å²) < 4.78 is 16.6. The fourth-order valence-electron chi connectivity index (χ4n) is 4.34. The minimum absolute atomic E-state index is 0.124. The Kier molecular flexibility index (Phi) is 7.62. The number of nitrogens with one attached hydrogen (secondary N) is 1. The number of carbonyl (C=O) groups excluding carboxylic acids is 1. The summed E-state index contributed by atoms with van der Waals surface area (Å²) in [6, 6.07) is 13.2. The van der Waals surface area contributed by atoms with Crippen molar-refractivity contribution in [3.05, 3.63) is 65.2 Å². The molecule has 190 valence electrons. The van der Waals surface area contributed by atoms with Gasteiger partial charge in [0.15, 0.2) is 11.5 Å². The highest BCUT2D eigenvalue weighted by atomic mass is 16.5. The van der Waals surface area contributed by atoms with Gasteiger partial charge in [-0.3, -0.25) is 4.90 Å². The van der Waals surface area contributed by atoms with Gasteiger partial charge in [0.2, 0.25) is 5.82 Å². The fourth-order valence-corrected chi connectivity index (χ4v) is 4.34. The molecule has 0 bridgehead atoms. The van der Waals surface area contributed by atoms with Crippen LogP contribution in [0.4, 0.5) is 4.79 Å². The van der Waals surface area contributed by atoms with Crippen LogP contribution in [0.5, 0.6) is 11.5 Å². The smallest absolute Gasteiger partial charge is 0.322 e. The average Bonchev–Trinajstić information content (AvgIpc) is 3.37. The normalized spacial score (nSPS) is 15.9. The van der Waals surface area contributed by atoms with E-state index in [1.165, 1.54) is 5.56 Å². The molecule has 0 radical (unpaired) electrons. The lowest BCUT2D eigenvalue weighted by Crippen LogP contribution is -2.46. The Labute approximate surface area is 212 Å². The number of urea groups is 1. The van der Waals surface area contributed by atoms with Crippen molar-refractivity contribution in [2.45, 2.75) is 46.6 Å². The van der Waals surface area contributed by atoms with E-state index in [1.807, 2.05) is 31.2 Å². The van der Waals surface area contributed by atoms with E-state index in [9.17, 15) is 4.79 Å². The van der Waals surface area contributed by atoms with Crippen molar-refractivity contribution in [3.63, 3.8) is 0 Å². The number of allylic oxidation sites excluding steroid dienone is 1. The van der Waals surface area contributed by atoms with E-state index in [0.29, 0.717) is 35.7 Å². The number of methoxy groups -OCH3 is 2. The second-order valence-corrected chi connectivity index (χ2v) is 9.30. The molecule has 4 rings (SSSR count). The maximum atomic E-state index is 13.1. The van der Waals surface area contributed by atoms with Crippen molar-refractivity contribution >= 4 is 11.6 Å². The van der Waals surface area contributed by atoms with Crippen LogP contribution in [0.2, 0.25) is 0 Å². The topological polar surface area (TPSA) is 89.7 Å². The molecule has 0 saturated carbocycles. The van der Waals surface area contributed by atoms with Crippen molar-refractivity contribution in [1.82, 2.24) is 20.4 Å². The zero-order chi connectivity index (χ0) is 25.8. The van der Waals surface area contributed by atoms with Crippen LogP contribution in [0.25, 0.3) is 17.0 Å². The Hall–Kier alpha value is -3.81. The number of aryl methyl sites for hydroxylation is 1. The molecule has 0 fully saturated rings. The highest BCUT2D eigenvalue weighted by molar-refractivity contribution is 5.86. The first-order valence-corrected chi connectivity index (χ1v) is 12.3. The third kappa shape index (κ3) is 5.08. The first-order chi connectivity index (χ1) is 17.4. The molecular weight excluding hydrogens is 456 g/mol. The lowest BCUT2D eigenvalue weighted by molar-refractivity contribution is 0.202. The molecule has 2 amide bonds. The van der Waals surface area contributed by atoms with E-state index >= 15 is 0 Å². The molecule has 2 heterocycles. The van der Waals surface area contributed by atoms with E-state index in [0.717, 1.165) is 35.2 Å². The molecule has 1 aromatic heterocycles. The Balaban J connectivity index is 1.77. The summed E-state index contributed by atoms with van der Waals surface area (Å²) in [5, 5.41) is 7.42. The third-order valence-electron chi connectivity index (χ3n) is 6.55. The quantitative estimate of drug-likeness (QED) is 0.404. The number of hydrogen-bond donors (Lipinski definition) is 1. The van der Waals surface area contributed by atoms with Gasteiger partial charge >= 0.3 is 6.03 Å². The number of rotatable bonds is 9. The van der Waals surface area contributed by atoms with Crippen LogP contribution >= 0.6 is 0 Å². The molecule has 1 atom stereocenters. The largest absolute Gasteiger partial charge is 0.493 e. The molecule has 1 unspecified atom stereocenters. The monoisotopic (exact) mass is 490 g/mol. The van der Waals surface area contributed by atoms with Gasteiger partial charge < -0.3 is 19.3 Å². The first-order valence-electron chi connectivity index (χ1n) is 12.3. The molecule has 8 nitrogen and oxygen atoms in total. The standard InChI is InChI=1S/C28H34N4O4/c1-7-19-8-10-20(11-9-19)25-24(18(4)32(28(33)29-25)15-14-17(2)3)27-30-26(31-36-27)21-12-13-22(34-5)23(16-21)35-6/h8-13,16-17,25H,7,14-15H2,1-6H3,(H,29,33). The maximum absolute atomic E-state index is 13.1. The molecule has 36 heavy (non-hydrogen) atoms. The maximum Gasteiger partial charge on any atom is 0.322 e. The number of nitrogens with zero attached hydrogens (tertiary/aromatic N) is 3. The molecule has 0 spiro atoms. The molecule has 8 heteroatoms. The van der Waals surface area contributed by atoms with E-state index in [4.69, 9.17) is 19.0 Å². The third-order valence-corrected chi connectivity index (χ3v) is 6.55. The number of hydrogen-bond acceptors (Lipinski definition) is 6. The predicted molar refractivity (Wildman–Crippen MR) is 139 cm³/mol. The van der Waals surface area contributed by atoms with Crippen LogP contribution < -0.4 is 14.8 Å². The minimum atomic E-state index is -0.405. The molecule has 1 aliphatic rings. The van der Waals surface area contributed by atoms with E-state index in [1.54, 1.807) is 25.2 Å². The Morgan fingerprint density at radius 2 is 1.81 bits per heavy atom. The SMILES string of the molecule is CCc1ccc(C2NC(=O)N(CCC(C)C)C(C)=C2c2nc(-c3ccc(OC)c(OC)c3)no2)cc1. The van der Waals surface area contributed by atoms with Crippen LogP contribution in [0.15, 0.2) is 52.7 Å². The lowest BCUT2D eigenvalue weighted by atomic mass is 9.93. The summed E-state index contributed by atoms with van der Waals surface area (Å²) in [7, 11) is 3.18. The Morgan fingerprint density at radius 3 is 2.44 bits per heavy atom. The van der Waals surface area contributed by atoms with Crippen LogP contribution in [-0.4, -0.2) is 41.8 Å². The highest BCUT2D eigenvalue weighted by Crippen LogP contribution is 2.38. The van der Waals surface area contributed by atoms with Crippen LogP contribution in [0.3, 0.4) is 0 Å². The van der Waals surface area contributed by atoms with Gasteiger partial charge in [-0.2, -0.15) is 4.98 Å². The fraction of sp³-hybridized carbons (Fsp3) is 0.393. The van der Waals surface area contributed by atoms with Gasteiger partial charge in [0.25, 0.3) is 5.89 Å². The molecule has 1 aliphatic heterocycles. The zero-order valence-electron chi connectivity index (χ0n) is 21.8. The van der Waals surface area contributed by atoms with Gasteiger partial charge in [-0.15, -0.1) is 0 Å². The van der Waals surface area contributed by atoms with E-state index in [-0.39, 0.29) is 6.03 Å². The second kappa shape index (κ2) is 10.8. The number of aromatic nitrogens is 2. The molecule has 0 aliphatic carbocycles. The second-order valence-electron chi connectivity index (χ2n) is 9.30. The van der Waals surface area contributed by atoms with Crippen LogP contribution in [0.1, 0.15) is 57.2 Å². The summed E-state index contributed by atoms with van der Waals surface area (Å²) >= 11 is 0. The average molecular weight is 491 g/mol. The zero-order valence-corrected chi connectivity index (χ0v) is 21.8.